The average molecular weight is 311 g/mol. The van der Waals surface area contributed by atoms with Gasteiger partial charge in [0.15, 0.2) is 5.82 Å². The predicted molar refractivity (Wildman–Crippen MR) is 85.5 cm³/mol. The summed E-state index contributed by atoms with van der Waals surface area (Å²) in [6.45, 7) is 3.98. The molecule has 1 heterocycles. The highest BCUT2D eigenvalue weighted by Crippen LogP contribution is 2.20. The van der Waals surface area contributed by atoms with Crippen LogP contribution in [0.25, 0.3) is 5.69 Å². The fraction of sp³-hybridized carbons (Fsp3) is 0.235. The molecule has 0 spiro atoms. The van der Waals surface area contributed by atoms with Gasteiger partial charge in [0.25, 0.3) is 0 Å². The molecule has 0 aliphatic rings. The van der Waals surface area contributed by atoms with Crippen molar-refractivity contribution in [2.45, 2.75) is 25.9 Å². The molecule has 1 aromatic heterocycles. The minimum atomic E-state index is -0.238. The number of nitrogens with one attached hydrogen (secondary N) is 1. The van der Waals surface area contributed by atoms with Gasteiger partial charge >= 0.3 is 0 Å². The molecule has 0 bridgehead atoms. The second-order valence-corrected chi connectivity index (χ2v) is 5.45. The largest absolute Gasteiger partial charge is 0.301 e. The highest BCUT2D eigenvalue weighted by Gasteiger charge is 2.18. The molecule has 0 fully saturated rings. The SMILES string of the molecule is C[C@H](N[C@@H](C)c1nnnn1-c1ccccc1)c1cccc(F)c1. The molecule has 3 aromatic rings. The van der Waals surface area contributed by atoms with Crippen LogP contribution >= 0.6 is 0 Å². The van der Waals surface area contributed by atoms with Crippen molar-refractivity contribution < 1.29 is 4.39 Å². The van der Waals surface area contributed by atoms with Crippen LogP contribution in [-0.2, 0) is 0 Å². The molecule has 3 rings (SSSR count). The van der Waals surface area contributed by atoms with Gasteiger partial charge in [0, 0.05) is 6.04 Å². The van der Waals surface area contributed by atoms with Gasteiger partial charge in [-0.1, -0.05) is 30.3 Å². The summed E-state index contributed by atoms with van der Waals surface area (Å²) in [5.41, 5.74) is 1.79. The topological polar surface area (TPSA) is 55.6 Å². The number of hydrogen-bond acceptors (Lipinski definition) is 4. The zero-order valence-corrected chi connectivity index (χ0v) is 13.0. The Morgan fingerprint density at radius 3 is 2.52 bits per heavy atom. The lowest BCUT2D eigenvalue weighted by atomic mass is 10.1. The van der Waals surface area contributed by atoms with E-state index >= 15 is 0 Å². The molecular weight excluding hydrogens is 293 g/mol. The molecule has 6 heteroatoms. The Kier molecular flexibility index (Phi) is 4.43. The third-order valence-electron chi connectivity index (χ3n) is 3.73. The molecule has 2 aromatic carbocycles. The molecule has 0 aliphatic carbocycles. The number of nitrogens with zero attached hydrogens (tertiary/aromatic N) is 4. The zero-order chi connectivity index (χ0) is 16.2. The molecule has 2 atom stereocenters. The van der Waals surface area contributed by atoms with Crippen molar-refractivity contribution in [3.63, 3.8) is 0 Å². The van der Waals surface area contributed by atoms with Gasteiger partial charge in [-0.2, -0.15) is 4.68 Å². The van der Waals surface area contributed by atoms with E-state index in [0.29, 0.717) is 5.82 Å². The summed E-state index contributed by atoms with van der Waals surface area (Å²) in [5.74, 6) is 0.470. The first-order chi connectivity index (χ1) is 11.1. The monoisotopic (exact) mass is 311 g/mol. The number of para-hydroxylation sites is 1. The van der Waals surface area contributed by atoms with Gasteiger partial charge in [-0.05, 0) is 54.1 Å². The maximum atomic E-state index is 13.4. The smallest absolute Gasteiger partial charge is 0.173 e. The Labute approximate surface area is 134 Å². The molecule has 0 saturated heterocycles. The highest BCUT2D eigenvalue weighted by atomic mass is 19.1. The van der Waals surface area contributed by atoms with Crippen molar-refractivity contribution in [2.75, 3.05) is 0 Å². The van der Waals surface area contributed by atoms with Crippen LogP contribution in [0.3, 0.4) is 0 Å². The Morgan fingerprint density at radius 2 is 1.78 bits per heavy atom. The Hall–Kier alpha value is -2.60. The summed E-state index contributed by atoms with van der Waals surface area (Å²) in [5, 5.41) is 15.4. The van der Waals surface area contributed by atoms with Crippen molar-refractivity contribution in [3.8, 4) is 5.69 Å². The van der Waals surface area contributed by atoms with Crippen molar-refractivity contribution in [2.24, 2.45) is 0 Å². The van der Waals surface area contributed by atoms with Crippen LogP contribution in [-0.4, -0.2) is 20.2 Å². The molecule has 0 saturated carbocycles. The van der Waals surface area contributed by atoms with Crippen molar-refractivity contribution >= 4 is 0 Å². The van der Waals surface area contributed by atoms with Crippen LogP contribution in [0.15, 0.2) is 54.6 Å². The Bertz CT molecular complexity index is 771. The van der Waals surface area contributed by atoms with Crippen LogP contribution < -0.4 is 5.32 Å². The molecule has 0 radical (unpaired) electrons. The van der Waals surface area contributed by atoms with Crippen molar-refractivity contribution in [1.29, 1.82) is 0 Å². The summed E-state index contributed by atoms with van der Waals surface area (Å²) >= 11 is 0. The predicted octanol–water partition coefficient (Wildman–Crippen LogP) is 3.21. The third-order valence-corrected chi connectivity index (χ3v) is 3.73. The summed E-state index contributed by atoms with van der Waals surface area (Å²) in [4.78, 5) is 0. The van der Waals surface area contributed by atoms with E-state index in [1.807, 2.05) is 50.2 Å². The van der Waals surface area contributed by atoms with Crippen molar-refractivity contribution in [1.82, 2.24) is 25.5 Å². The van der Waals surface area contributed by atoms with E-state index in [1.54, 1.807) is 10.7 Å². The van der Waals surface area contributed by atoms with Crippen LogP contribution in [0.1, 0.15) is 37.3 Å². The summed E-state index contributed by atoms with van der Waals surface area (Å²) in [7, 11) is 0. The van der Waals surface area contributed by atoms with E-state index in [0.717, 1.165) is 11.3 Å². The second kappa shape index (κ2) is 6.66. The summed E-state index contributed by atoms with van der Waals surface area (Å²) < 4.78 is 15.1. The van der Waals surface area contributed by atoms with Crippen molar-refractivity contribution in [3.05, 3.63) is 71.8 Å². The van der Waals surface area contributed by atoms with Gasteiger partial charge in [-0.25, -0.2) is 4.39 Å². The standard InChI is InChI=1S/C17H18FN5/c1-12(14-7-6-8-15(18)11-14)19-13(2)17-20-21-22-23(17)16-9-4-3-5-10-16/h3-13,19H,1-2H3/t12-,13-/m0/s1. The normalized spacial score (nSPS) is 13.7. The summed E-state index contributed by atoms with van der Waals surface area (Å²) in [6.07, 6.45) is 0. The highest BCUT2D eigenvalue weighted by molar-refractivity contribution is 5.31. The second-order valence-electron chi connectivity index (χ2n) is 5.45. The summed E-state index contributed by atoms with van der Waals surface area (Å²) in [6, 6.07) is 16.2. The molecule has 0 aliphatic heterocycles. The van der Waals surface area contributed by atoms with Gasteiger partial charge in [-0.15, -0.1) is 5.10 Å². The Balaban J connectivity index is 1.79. The number of benzene rings is 2. The lowest BCUT2D eigenvalue weighted by molar-refractivity contribution is 0.466. The number of aromatic nitrogens is 4. The maximum Gasteiger partial charge on any atom is 0.173 e. The van der Waals surface area contributed by atoms with Crippen LogP contribution in [0.4, 0.5) is 4.39 Å². The first-order valence-electron chi connectivity index (χ1n) is 7.50. The number of rotatable bonds is 5. The fourth-order valence-corrected chi connectivity index (χ4v) is 2.54. The first-order valence-corrected chi connectivity index (χ1v) is 7.50. The van der Waals surface area contributed by atoms with Gasteiger partial charge < -0.3 is 5.32 Å². The maximum absolute atomic E-state index is 13.4. The van der Waals surface area contributed by atoms with E-state index in [4.69, 9.17) is 0 Å². The molecular formula is C17H18FN5. The van der Waals surface area contributed by atoms with E-state index in [2.05, 4.69) is 20.8 Å². The number of tetrazole rings is 1. The molecule has 23 heavy (non-hydrogen) atoms. The first kappa shape index (κ1) is 15.3. The van der Waals surface area contributed by atoms with E-state index in [-0.39, 0.29) is 17.9 Å². The van der Waals surface area contributed by atoms with Gasteiger partial charge in [-0.3, -0.25) is 0 Å². The fourth-order valence-electron chi connectivity index (χ4n) is 2.54. The van der Waals surface area contributed by atoms with E-state index in [9.17, 15) is 4.39 Å². The minimum Gasteiger partial charge on any atom is -0.301 e. The van der Waals surface area contributed by atoms with Gasteiger partial charge in [0.1, 0.15) is 5.82 Å². The number of halogens is 1. The molecule has 5 nitrogen and oxygen atoms in total. The third kappa shape index (κ3) is 3.43. The molecule has 0 amide bonds. The van der Waals surface area contributed by atoms with E-state index in [1.165, 1.54) is 12.1 Å². The quantitative estimate of drug-likeness (QED) is 0.786. The lowest BCUT2D eigenvalue weighted by Gasteiger charge is -2.20. The van der Waals surface area contributed by atoms with Gasteiger partial charge in [0.2, 0.25) is 0 Å². The number of hydrogen-bond donors (Lipinski definition) is 1. The molecule has 1 N–H and O–H groups in total. The lowest BCUT2D eigenvalue weighted by Crippen LogP contribution is -2.25. The molecule has 0 unspecified atom stereocenters. The van der Waals surface area contributed by atoms with Crippen LogP contribution in [0.2, 0.25) is 0 Å². The average Bonchev–Trinajstić information content (AvgIpc) is 3.05. The van der Waals surface area contributed by atoms with E-state index < -0.39 is 0 Å². The zero-order valence-electron chi connectivity index (χ0n) is 13.0. The van der Waals surface area contributed by atoms with Crippen LogP contribution in [0, 0.1) is 5.82 Å². The minimum absolute atomic E-state index is 0.0263. The van der Waals surface area contributed by atoms with Gasteiger partial charge in [0.05, 0.1) is 11.7 Å². The van der Waals surface area contributed by atoms with Crippen LogP contribution in [0.5, 0.6) is 0 Å². The molecule has 118 valence electrons. The Morgan fingerprint density at radius 1 is 1.00 bits per heavy atom.